The second kappa shape index (κ2) is 6.69. The van der Waals surface area contributed by atoms with Crippen LogP contribution in [0.5, 0.6) is 0 Å². The van der Waals surface area contributed by atoms with Gasteiger partial charge in [-0.2, -0.15) is 0 Å². The molecule has 1 aliphatic heterocycles. The summed E-state index contributed by atoms with van der Waals surface area (Å²) in [5, 5.41) is 0. The third-order valence-electron chi connectivity index (χ3n) is 3.31. The van der Waals surface area contributed by atoms with Gasteiger partial charge in [0.05, 0.1) is 0 Å². The molecule has 1 aliphatic rings. The quantitative estimate of drug-likeness (QED) is 0.731. The zero-order chi connectivity index (χ0) is 12.0. The van der Waals surface area contributed by atoms with Gasteiger partial charge in [0.25, 0.3) is 0 Å². The van der Waals surface area contributed by atoms with E-state index < -0.39 is 0 Å². The van der Waals surface area contributed by atoms with Crippen LogP contribution in [0.1, 0.15) is 40.0 Å². The largest absolute Gasteiger partial charge is 0.316 e. The molecule has 0 unspecified atom stereocenters. The van der Waals surface area contributed by atoms with Crippen molar-refractivity contribution in [3.8, 4) is 0 Å². The molecule has 0 aromatic rings. The van der Waals surface area contributed by atoms with Gasteiger partial charge in [-0.15, -0.1) is 0 Å². The number of carbonyl (C=O) groups excluding carboxylic acids is 1. The Bertz CT molecular complexity index is 255. The first-order valence-electron chi connectivity index (χ1n) is 6.28. The van der Waals surface area contributed by atoms with Crippen LogP contribution in [0.3, 0.4) is 0 Å². The summed E-state index contributed by atoms with van der Waals surface area (Å²) in [5.41, 5.74) is 1.06. The van der Waals surface area contributed by atoms with Crippen LogP contribution in [0, 0.1) is 0 Å². The normalized spacial score (nSPS) is 18.6. The summed E-state index contributed by atoms with van der Waals surface area (Å²) in [5.74, 6) is 0.146. The standard InChI is InChI=1S/C13H24N2O/c1-4-12(2)15(13(3)16)11-10-14-8-6-5-7-9-14/h4H,5-11H2,1-3H3/b12-4+. The Kier molecular flexibility index (Phi) is 5.53. The van der Waals surface area contributed by atoms with Crippen molar-refractivity contribution in [3.63, 3.8) is 0 Å². The fraction of sp³-hybridized carbons (Fsp3) is 0.769. The van der Waals surface area contributed by atoms with Gasteiger partial charge in [-0.3, -0.25) is 4.79 Å². The van der Waals surface area contributed by atoms with Crippen molar-refractivity contribution >= 4 is 5.91 Å². The van der Waals surface area contributed by atoms with E-state index in [1.165, 1.54) is 32.4 Å². The Morgan fingerprint density at radius 3 is 2.38 bits per heavy atom. The van der Waals surface area contributed by atoms with Crippen LogP contribution in [-0.2, 0) is 4.79 Å². The minimum atomic E-state index is 0.146. The number of amides is 1. The van der Waals surface area contributed by atoms with Crippen LogP contribution in [-0.4, -0.2) is 41.9 Å². The number of piperidine rings is 1. The van der Waals surface area contributed by atoms with Gasteiger partial charge in [-0.05, 0) is 39.8 Å². The highest BCUT2D eigenvalue weighted by atomic mass is 16.2. The number of hydrogen-bond acceptors (Lipinski definition) is 2. The van der Waals surface area contributed by atoms with E-state index in [0.717, 1.165) is 18.8 Å². The van der Waals surface area contributed by atoms with Gasteiger partial charge in [-0.1, -0.05) is 12.5 Å². The number of likely N-dealkylation sites (tertiary alicyclic amines) is 1. The van der Waals surface area contributed by atoms with Crippen molar-refractivity contribution in [3.05, 3.63) is 11.8 Å². The molecular weight excluding hydrogens is 200 g/mol. The topological polar surface area (TPSA) is 23.6 Å². The highest BCUT2D eigenvalue weighted by Gasteiger charge is 2.14. The Balaban J connectivity index is 2.40. The SMILES string of the molecule is C/C=C(\C)N(CCN1CCCCC1)C(C)=O. The number of allylic oxidation sites excluding steroid dienone is 2. The second-order valence-electron chi connectivity index (χ2n) is 4.50. The second-order valence-corrected chi connectivity index (χ2v) is 4.50. The van der Waals surface area contributed by atoms with E-state index in [0.29, 0.717) is 0 Å². The van der Waals surface area contributed by atoms with E-state index in [9.17, 15) is 4.79 Å². The van der Waals surface area contributed by atoms with E-state index >= 15 is 0 Å². The highest BCUT2D eigenvalue weighted by Crippen LogP contribution is 2.10. The lowest BCUT2D eigenvalue weighted by molar-refractivity contribution is -0.127. The summed E-state index contributed by atoms with van der Waals surface area (Å²) in [6, 6.07) is 0. The van der Waals surface area contributed by atoms with Crippen molar-refractivity contribution in [1.82, 2.24) is 9.80 Å². The van der Waals surface area contributed by atoms with Crippen molar-refractivity contribution in [1.29, 1.82) is 0 Å². The molecule has 1 rings (SSSR count). The molecule has 0 N–H and O–H groups in total. The summed E-state index contributed by atoms with van der Waals surface area (Å²) in [7, 11) is 0. The average Bonchev–Trinajstić information content (AvgIpc) is 2.30. The van der Waals surface area contributed by atoms with Crippen LogP contribution in [0.25, 0.3) is 0 Å². The first-order chi connectivity index (χ1) is 7.65. The molecule has 0 spiro atoms. The van der Waals surface area contributed by atoms with Gasteiger partial charge < -0.3 is 9.80 Å². The van der Waals surface area contributed by atoms with Gasteiger partial charge >= 0.3 is 0 Å². The Morgan fingerprint density at radius 2 is 1.88 bits per heavy atom. The third kappa shape index (κ3) is 3.97. The average molecular weight is 224 g/mol. The van der Waals surface area contributed by atoms with Gasteiger partial charge in [0.15, 0.2) is 0 Å². The monoisotopic (exact) mass is 224 g/mol. The molecule has 1 heterocycles. The smallest absolute Gasteiger partial charge is 0.223 e. The molecule has 0 aliphatic carbocycles. The van der Waals surface area contributed by atoms with E-state index in [4.69, 9.17) is 0 Å². The maximum Gasteiger partial charge on any atom is 0.223 e. The third-order valence-corrected chi connectivity index (χ3v) is 3.31. The number of rotatable bonds is 4. The van der Waals surface area contributed by atoms with Crippen LogP contribution in [0.4, 0.5) is 0 Å². The summed E-state index contributed by atoms with van der Waals surface area (Å²) < 4.78 is 0. The molecule has 0 aromatic carbocycles. The zero-order valence-corrected chi connectivity index (χ0v) is 10.8. The zero-order valence-electron chi connectivity index (χ0n) is 10.8. The van der Waals surface area contributed by atoms with Gasteiger partial charge in [0.1, 0.15) is 0 Å². The molecule has 0 radical (unpaired) electrons. The minimum Gasteiger partial charge on any atom is -0.316 e. The summed E-state index contributed by atoms with van der Waals surface area (Å²) in [4.78, 5) is 15.8. The van der Waals surface area contributed by atoms with Crippen molar-refractivity contribution in [2.45, 2.75) is 40.0 Å². The Morgan fingerprint density at radius 1 is 1.25 bits per heavy atom. The molecule has 1 fully saturated rings. The summed E-state index contributed by atoms with van der Waals surface area (Å²) in [6.45, 7) is 9.84. The molecule has 1 amide bonds. The fourth-order valence-corrected chi connectivity index (χ4v) is 2.16. The van der Waals surface area contributed by atoms with Crippen molar-refractivity contribution in [2.75, 3.05) is 26.2 Å². The van der Waals surface area contributed by atoms with Gasteiger partial charge in [-0.25, -0.2) is 0 Å². The van der Waals surface area contributed by atoms with Crippen LogP contribution >= 0.6 is 0 Å². The number of nitrogens with zero attached hydrogens (tertiary/aromatic N) is 2. The van der Waals surface area contributed by atoms with Crippen molar-refractivity contribution < 1.29 is 4.79 Å². The van der Waals surface area contributed by atoms with E-state index in [-0.39, 0.29) is 5.91 Å². The summed E-state index contributed by atoms with van der Waals surface area (Å²) >= 11 is 0. The Labute approximate surface area is 99.1 Å². The lowest BCUT2D eigenvalue weighted by Crippen LogP contribution is -2.38. The van der Waals surface area contributed by atoms with Crippen LogP contribution in [0.15, 0.2) is 11.8 Å². The van der Waals surface area contributed by atoms with Crippen molar-refractivity contribution in [2.24, 2.45) is 0 Å². The molecule has 0 saturated carbocycles. The van der Waals surface area contributed by atoms with E-state index in [1.807, 2.05) is 24.8 Å². The first kappa shape index (κ1) is 13.2. The fourth-order valence-electron chi connectivity index (χ4n) is 2.16. The van der Waals surface area contributed by atoms with Gasteiger partial charge in [0.2, 0.25) is 5.91 Å². The van der Waals surface area contributed by atoms with E-state index in [1.54, 1.807) is 6.92 Å². The van der Waals surface area contributed by atoms with Crippen LogP contribution < -0.4 is 0 Å². The molecule has 0 aromatic heterocycles. The lowest BCUT2D eigenvalue weighted by atomic mass is 10.1. The highest BCUT2D eigenvalue weighted by molar-refractivity contribution is 5.75. The molecular formula is C13H24N2O. The molecule has 92 valence electrons. The van der Waals surface area contributed by atoms with Gasteiger partial charge in [0, 0.05) is 25.7 Å². The summed E-state index contributed by atoms with van der Waals surface area (Å²) in [6.07, 6.45) is 5.98. The van der Waals surface area contributed by atoms with Crippen LogP contribution in [0.2, 0.25) is 0 Å². The molecule has 3 heteroatoms. The predicted molar refractivity (Wildman–Crippen MR) is 67.1 cm³/mol. The predicted octanol–water partition coefficient (Wildman–Crippen LogP) is 2.24. The molecule has 0 bridgehead atoms. The maximum absolute atomic E-state index is 11.5. The molecule has 16 heavy (non-hydrogen) atoms. The number of hydrogen-bond donors (Lipinski definition) is 0. The molecule has 0 atom stereocenters. The van der Waals surface area contributed by atoms with E-state index in [2.05, 4.69) is 4.90 Å². The molecule has 3 nitrogen and oxygen atoms in total. The first-order valence-corrected chi connectivity index (χ1v) is 6.28. The Hall–Kier alpha value is -0.830. The number of carbonyl (C=O) groups is 1. The lowest BCUT2D eigenvalue weighted by Gasteiger charge is -2.29. The maximum atomic E-state index is 11.5. The minimum absolute atomic E-state index is 0.146. The molecule has 1 saturated heterocycles.